The summed E-state index contributed by atoms with van der Waals surface area (Å²) in [6, 6.07) is 4.47. The SMILES string of the molecule is COCCNCC(c1cccs1)C1CCCC1. The molecule has 2 rings (SSSR count). The second-order valence-electron chi connectivity index (χ2n) is 4.86. The number of methoxy groups -OCH3 is 1. The molecule has 1 aromatic rings. The van der Waals surface area contributed by atoms with E-state index in [2.05, 4.69) is 22.8 Å². The van der Waals surface area contributed by atoms with Gasteiger partial charge < -0.3 is 10.1 Å². The maximum absolute atomic E-state index is 5.08. The number of ether oxygens (including phenoxy) is 1. The first-order chi connectivity index (χ1) is 8.42. The zero-order chi connectivity index (χ0) is 11.9. The van der Waals surface area contributed by atoms with Gasteiger partial charge in [0.1, 0.15) is 0 Å². The molecule has 0 bridgehead atoms. The normalized spacial score (nSPS) is 18.6. The van der Waals surface area contributed by atoms with Crippen LogP contribution >= 0.6 is 11.3 Å². The molecule has 0 spiro atoms. The van der Waals surface area contributed by atoms with Crippen LogP contribution in [0.25, 0.3) is 0 Å². The lowest BCUT2D eigenvalue weighted by Gasteiger charge is -2.22. The predicted octanol–water partition coefficient (Wildman–Crippen LogP) is 3.26. The van der Waals surface area contributed by atoms with Crippen molar-refractivity contribution in [1.29, 1.82) is 0 Å². The zero-order valence-corrected chi connectivity index (χ0v) is 11.5. The van der Waals surface area contributed by atoms with Gasteiger partial charge in [0.05, 0.1) is 6.61 Å². The summed E-state index contributed by atoms with van der Waals surface area (Å²) < 4.78 is 5.08. The standard InChI is InChI=1S/C14H23NOS/c1-16-9-8-15-11-13(12-5-2-3-6-12)14-7-4-10-17-14/h4,7,10,12-13,15H,2-3,5-6,8-9,11H2,1H3. The zero-order valence-electron chi connectivity index (χ0n) is 10.7. The van der Waals surface area contributed by atoms with Gasteiger partial charge in [0.15, 0.2) is 0 Å². The van der Waals surface area contributed by atoms with Crippen LogP contribution in [0.1, 0.15) is 36.5 Å². The lowest BCUT2D eigenvalue weighted by molar-refractivity contribution is 0.198. The largest absolute Gasteiger partial charge is 0.383 e. The van der Waals surface area contributed by atoms with Gasteiger partial charge in [-0.3, -0.25) is 0 Å². The molecule has 1 aromatic heterocycles. The smallest absolute Gasteiger partial charge is 0.0587 e. The average molecular weight is 253 g/mol. The van der Waals surface area contributed by atoms with Crippen LogP contribution in [0.3, 0.4) is 0 Å². The van der Waals surface area contributed by atoms with Crippen molar-refractivity contribution in [1.82, 2.24) is 5.32 Å². The Bertz CT molecular complexity index is 293. The van der Waals surface area contributed by atoms with Crippen LogP contribution in [0.2, 0.25) is 0 Å². The monoisotopic (exact) mass is 253 g/mol. The molecule has 1 saturated carbocycles. The van der Waals surface area contributed by atoms with Gasteiger partial charge in [0, 0.05) is 31.0 Å². The Morgan fingerprint density at radius 2 is 2.29 bits per heavy atom. The van der Waals surface area contributed by atoms with Crippen molar-refractivity contribution in [3.8, 4) is 0 Å². The number of thiophene rings is 1. The molecule has 1 fully saturated rings. The van der Waals surface area contributed by atoms with Gasteiger partial charge in [-0.15, -0.1) is 11.3 Å². The molecule has 1 heterocycles. The Hall–Kier alpha value is -0.380. The Labute approximate surface area is 108 Å². The third-order valence-corrected chi connectivity index (χ3v) is 4.73. The molecule has 1 N–H and O–H groups in total. The number of hydrogen-bond acceptors (Lipinski definition) is 3. The van der Waals surface area contributed by atoms with Gasteiger partial charge in [-0.2, -0.15) is 0 Å². The summed E-state index contributed by atoms with van der Waals surface area (Å²) in [4.78, 5) is 1.56. The fraction of sp³-hybridized carbons (Fsp3) is 0.714. The summed E-state index contributed by atoms with van der Waals surface area (Å²) >= 11 is 1.91. The third kappa shape index (κ3) is 3.80. The Kier molecular flexibility index (Phi) is 5.49. The minimum absolute atomic E-state index is 0.717. The second-order valence-corrected chi connectivity index (χ2v) is 5.84. The molecule has 0 aromatic carbocycles. The maximum Gasteiger partial charge on any atom is 0.0587 e. The lowest BCUT2D eigenvalue weighted by atomic mass is 9.89. The molecule has 1 aliphatic carbocycles. The molecule has 2 nitrogen and oxygen atoms in total. The molecule has 96 valence electrons. The third-order valence-electron chi connectivity index (χ3n) is 3.72. The van der Waals surface area contributed by atoms with Gasteiger partial charge in [0.25, 0.3) is 0 Å². The Morgan fingerprint density at radius 1 is 1.47 bits per heavy atom. The van der Waals surface area contributed by atoms with E-state index in [-0.39, 0.29) is 0 Å². The minimum Gasteiger partial charge on any atom is -0.383 e. The van der Waals surface area contributed by atoms with Gasteiger partial charge in [-0.1, -0.05) is 18.9 Å². The van der Waals surface area contributed by atoms with E-state index in [1.54, 1.807) is 12.0 Å². The first-order valence-electron chi connectivity index (χ1n) is 6.65. The van der Waals surface area contributed by atoms with Crippen molar-refractivity contribution in [2.45, 2.75) is 31.6 Å². The molecule has 1 aliphatic rings. The molecule has 0 saturated heterocycles. The predicted molar refractivity (Wildman–Crippen MR) is 73.8 cm³/mol. The molecule has 1 unspecified atom stereocenters. The van der Waals surface area contributed by atoms with E-state index >= 15 is 0 Å². The van der Waals surface area contributed by atoms with Crippen molar-refractivity contribution in [3.63, 3.8) is 0 Å². The van der Waals surface area contributed by atoms with E-state index in [9.17, 15) is 0 Å². The van der Waals surface area contributed by atoms with E-state index in [0.29, 0.717) is 5.92 Å². The van der Waals surface area contributed by atoms with E-state index < -0.39 is 0 Å². The van der Waals surface area contributed by atoms with E-state index in [4.69, 9.17) is 4.74 Å². The number of nitrogens with one attached hydrogen (secondary N) is 1. The topological polar surface area (TPSA) is 21.3 Å². The average Bonchev–Trinajstić information content (AvgIpc) is 3.02. The van der Waals surface area contributed by atoms with Crippen LogP contribution in [-0.2, 0) is 4.74 Å². The highest BCUT2D eigenvalue weighted by atomic mass is 32.1. The molecular formula is C14H23NOS. The van der Waals surface area contributed by atoms with Gasteiger partial charge >= 0.3 is 0 Å². The Morgan fingerprint density at radius 3 is 2.94 bits per heavy atom. The van der Waals surface area contributed by atoms with Crippen molar-refractivity contribution >= 4 is 11.3 Å². The molecule has 3 heteroatoms. The molecule has 0 amide bonds. The first kappa shape index (κ1) is 13.1. The maximum atomic E-state index is 5.08. The van der Waals surface area contributed by atoms with Crippen LogP contribution in [0.5, 0.6) is 0 Å². The summed E-state index contributed by atoms with van der Waals surface area (Å²) in [5.74, 6) is 1.61. The van der Waals surface area contributed by atoms with Crippen molar-refractivity contribution in [2.24, 2.45) is 5.92 Å². The highest BCUT2D eigenvalue weighted by Gasteiger charge is 2.26. The van der Waals surface area contributed by atoms with Gasteiger partial charge in [0.2, 0.25) is 0 Å². The lowest BCUT2D eigenvalue weighted by Crippen LogP contribution is -2.27. The van der Waals surface area contributed by atoms with Crippen molar-refractivity contribution in [3.05, 3.63) is 22.4 Å². The first-order valence-corrected chi connectivity index (χ1v) is 7.53. The summed E-state index contributed by atoms with van der Waals surface area (Å²) in [6.07, 6.45) is 5.66. The Balaban J connectivity index is 1.88. The number of hydrogen-bond donors (Lipinski definition) is 1. The van der Waals surface area contributed by atoms with E-state index in [1.807, 2.05) is 11.3 Å². The van der Waals surface area contributed by atoms with Crippen LogP contribution in [0, 0.1) is 5.92 Å². The highest BCUT2D eigenvalue weighted by Crippen LogP contribution is 2.38. The van der Waals surface area contributed by atoms with E-state index in [0.717, 1.165) is 25.6 Å². The van der Waals surface area contributed by atoms with E-state index in [1.165, 1.54) is 25.7 Å². The highest BCUT2D eigenvalue weighted by molar-refractivity contribution is 7.10. The van der Waals surface area contributed by atoms with Gasteiger partial charge in [-0.05, 0) is 30.2 Å². The van der Waals surface area contributed by atoms with Crippen LogP contribution < -0.4 is 5.32 Å². The second kappa shape index (κ2) is 7.14. The van der Waals surface area contributed by atoms with Gasteiger partial charge in [-0.25, -0.2) is 0 Å². The van der Waals surface area contributed by atoms with Crippen molar-refractivity contribution in [2.75, 3.05) is 26.8 Å². The summed E-state index contributed by atoms with van der Waals surface area (Å²) in [7, 11) is 1.76. The fourth-order valence-corrected chi connectivity index (χ4v) is 3.72. The molecule has 0 radical (unpaired) electrons. The van der Waals surface area contributed by atoms with Crippen LogP contribution in [0.15, 0.2) is 17.5 Å². The molecule has 1 atom stereocenters. The summed E-state index contributed by atoms with van der Waals surface area (Å²) in [5.41, 5.74) is 0. The van der Waals surface area contributed by atoms with Crippen LogP contribution in [0.4, 0.5) is 0 Å². The minimum atomic E-state index is 0.717. The quantitative estimate of drug-likeness (QED) is 0.753. The van der Waals surface area contributed by atoms with Crippen molar-refractivity contribution < 1.29 is 4.74 Å². The summed E-state index contributed by atoms with van der Waals surface area (Å²) in [6.45, 7) is 2.88. The fourth-order valence-electron chi connectivity index (χ4n) is 2.79. The summed E-state index contributed by atoms with van der Waals surface area (Å²) in [5, 5.41) is 5.73. The number of rotatable bonds is 7. The molecule has 0 aliphatic heterocycles. The van der Waals surface area contributed by atoms with Crippen LogP contribution in [-0.4, -0.2) is 26.8 Å². The molecule has 17 heavy (non-hydrogen) atoms. The molecular weight excluding hydrogens is 230 g/mol.